The Kier molecular flexibility index (Phi) is 14.3. The number of aryl methyl sites for hydroxylation is 1. The van der Waals surface area contributed by atoms with Gasteiger partial charge in [0, 0.05) is 53.3 Å². The van der Waals surface area contributed by atoms with Gasteiger partial charge >= 0.3 is 0 Å². The number of allylic oxidation sites excluding steroid dienone is 2. The van der Waals surface area contributed by atoms with E-state index in [4.69, 9.17) is 9.97 Å². The van der Waals surface area contributed by atoms with E-state index in [0.29, 0.717) is 0 Å². The largest absolute Gasteiger partial charge is 0.512 e. The summed E-state index contributed by atoms with van der Waals surface area (Å²) in [6.45, 7) is 17.0. The monoisotopic (exact) mass is 888 g/mol. The van der Waals surface area contributed by atoms with E-state index < -0.39 is 0 Å². The molecule has 0 spiro atoms. The van der Waals surface area contributed by atoms with Gasteiger partial charge in [-0.25, -0.2) is 4.98 Å². The topological polar surface area (TPSA) is 63.1 Å². The fraction of sp³-hybridized carbons (Fsp3) is 0.326. The molecule has 4 aromatic carbocycles. The Hall–Kier alpha value is -3.96. The van der Waals surface area contributed by atoms with Crippen molar-refractivity contribution >= 4 is 38.1 Å². The van der Waals surface area contributed by atoms with Gasteiger partial charge < -0.3 is 5.11 Å². The molecule has 0 saturated carbocycles. The van der Waals surface area contributed by atoms with Gasteiger partial charge in [0.2, 0.25) is 0 Å². The summed E-state index contributed by atoms with van der Waals surface area (Å²) in [6, 6.07) is 33.8. The quantitative estimate of drug-likeness (QED) is 0.0846. The molecule has 6 rings (SSSR count). The number of carbonyl (C=O) groups is 1. The van der Waals surface area contributed by atoms with E-state index in [0.717, 1.165) is 52.5 Å². The van der Waals surface area contributed by atoms with E-state index in [1.165, 1.54) is 44.2 Å². The number of nitrogens with zero attached hydrogens (tertiary/aromatic N) is 2. The molecule has 52 heavy (non-hydrogen) atoms. The summed E-state index contributed by atoms with van der Waals surface area (Å²) in [5.74, 6) is 0.547. The van der Waals surface area contributed by atoms with Crippen molar-refractivity contribution in [1.82, 2.24) is 9.97 Å². The summed E-state index contributed by atoms with van der Waals surface area (Å²) in [6.07, 6.45) is 6.60. The van der Waals surface area contributed by atoms with E-state index >= 15 is 0 Å². The minimum Gasteiger partial charge on any atom is -0.512 e. The van der Waals surface area contributed by atoms with Gasteiger partial charge in [0.1, 0.15) is 6.33 Å². The maximum Gasteiger partial charge on any atom is 0.162 e. The van der Waals surface area contributed by atoms with Crippen LogP contribution in [0.15, 0.2) is 103 Å². The van der Waals surface area contributed by atoms with Crippen LogP contribution in [0.3, 0.4) is 0 Å². The molecule has 273 valence electrons. The average molecular weight is 888 g/mol. The van der Waals surface area contributed by atoms with Gasteiger partial charge in [0.15, 0.2) is 5.78 Å². The Morgan fingerprint density at radius 1 is 0.808 bits per heavy atom. The first-order chi connectivity index (χ1) is 24.5. The van der Waals surface area contributed by atoms with Crippen molar-refractivity contribution in [3.05, 3.63) is 120 Å². The molecule has 0 saturated heterocycles. The smallest absolute Gasteiger partial charge is 0.162 e. The SMILES string of the molecule is CCC(CC)C(=O)/C=C(\O)C(CC)CC.Cc1c(-c2ccc(-c3ccccc3)cc2)sc2c(-c3[c-]c4ccccc4c(C(C)(C)C)c3)ncnc12.[Ir]. The van der Waals surface area contributed by atoms with Crippen molar-refractivity contribution in [3.63, 3.8) is 0 Å². The third-order valence-corrected chi connectivity index (χ3v) is 11.2. The summed E-state index contributed by atoms with van der Waals surface area (Å²) in [7, 11) is 0. The normalized spacial score (nSPS) is 11.8. The predicted octanol–water partition coefficient (Wildman–Crippen LogP) is 13.1. The number of thiophene rings is 1. The van der Waals surface area contributed by atoms with Crippen molar-refractivity contribution in [1.29, 1.82) is 0 Å². The van der Waals surface area contributed by atoms with E-state index in [-0.39, 0.29) is 48.9 Å². The zero-order valence-corrected chi connectivity index (χ0v) is 34.9. The van der Waals surface area contributed by atoms with Crippen molar-refractivity contribution in [2.24, 2.45) is 11.8 Å². The molecule has 2 heterocycles. The molecule has 6 heteroatoms. The number of rotatable bonds is 10. The van der Waals surface area contributed by atoms with Crippen LogP contribution in [0.4, 0.5) is 0 Å². The second-order valence-corrected chi connectivity index (χ2v) is 15.3. The zero-order chi connectivity index (χ0) is 36.7. The molecule has 1 radical (unpaired) electrons. The van der Waals surface area contributed by atoms with Crippen molar-refractivity contribution < 1.29 is 30.0 Å². The van der Waals surface area contributed by atoms with Gasteiger partial charge in [-0.1, -0.05) is 132 Å². The maximum absolute atomic E-state index is 11.7. The number of benzene rings is 4. The van der Waals surface area contributed by atoms with Crippen molar-refractivity contribution in [3.8, 4) is 32.8 Å². The Bertz CT molecular complexity index is 2120. The molecular formula is C46H51IrN2O2S-. The molecule has 4 nitrogen and oxygen atoms in total. The molecule has 2 aromatic heterocycles. The molecular weight excluding hydrogens is 837 g/mol. The second kappa shape index (κ2) is 18.2. The van der Waals surface area contributed by atoms with Crippen LogP contribution in [-0.2, 0) is 30.3 Å². The number of fused-ring (bicyclic) bond motifs is 2. The van der Waals surface area contributed by atoms with E-state index in [9.17, 15) is 9.90 Å². The van der Waals surface area contributed by atoms with Gasteiger partial charge in [-0.05, 0) is 60.3 Å². The molecule has 0 aliphatic heterocycles. The average Bonchev–Trinajstić information content (AvgIpc) is 3.48. The summed E-state index contributed by atoms with van der Waals surface area (Å²) in [5.41, 5.74) is 9.17. The fourth-order valence-electron chi connectivity index (χ4n) is 6.69. The first-order valence-electron chi connectivity index (χ1n) is 18.3. The van der Waals surface area contributed by atoms with Gasteiger partial charge in [0.25, 0.3) is 0 Å². The molecule has 0 unspecified atom stereocenters. The van der Waals surface area contributed by atoms with Crippen LogP contribution in [0.25, 0.3) is 53.8 Å². The van der Waals surface area contributed by atoms with Crippen molar-refractivity contribution in [2.45, 2.75) is 86.5 Å². The molecule has 1 N–H and O–H groups in total. The maximum atomic E-state index is 11.7. The molecule has 0 aliphatic rings. The number of aliphatic hydroxyl groups excluding tert-OH is 1. The number of hydrogen-bond donors (Lipinski definition) is 1. The molecule has 0 aliphatic carbocycles. The Labute approximate surface area is 327 Å². The van der Waals surface area contributed by atoms with Gasteiger partial charge in [-0.15, -0.1) is 40.5 Å². The Morgan fingerprint density at radius 2 is 1.38 bits per heavy atom. The molecule has 0 amide bonds. The Balaban J connectivity index is 0.000000323. The molecule has 0 bridgehead atoms. The van der Waals surface area contributed by atoms with Gasteiger partial charge in [-0.2, -0.15) is 0 Å². The number of hydrogen-bond acceptors (Lipinski definition) is 5. The molecule has 0 fully saturated rings. The van der Waals surface area contributed by atoms with Crippen LogP contribution >= 0.6 is 11.3 Å². The third-order valence-electron chi connectivity index (χ3n) is 9.88. The molecule has 6 aromatic rings. The van der Waals surface area contributed by atoms with Crippen LogP contribution in [0.2, 0.25) is 0 Å². The van der Waals surface area contributed by atoms with Crippen LogP contribution in [-0.4, -0.2) is 20.9 Å². The van der Waals surface area contributed by atoms with E-state index in [2.05, 4.69) is 119 Å². The zero-order valence-electron chi connectivity index (χ0n) is 31.7. The first kappa shape index (κ1) is 40.8. The van der Waals surface area contributed by atoms with Crippen LogP contribution < -0.4 is 0 Å². The van der Waals surface area contributed by atoms with Crippen LogP contribution in [0, 0.1) is 24.8 Å². The summed E-state index contributed by atoms with van der Waals surface area (Å²) in [5, 5.41) is 12.1. The summed E-state index contributed by atoms with van der Waals surface area (Å²) in [4.78, 5) is 22.4. The molecule has 0 atom stereocenters. The summed E-state index contributed by atoms with van der Waals surface area (Å²) >= 11 is 1.77. The number of aliphatic hydroxyl groups is 1. The van der Waals surface area contributed by atoms with Gasteiger partial charge in [0.05, 0.1) is 11.3 Å². The van der Waals surface area contributed by atoms with Crippen LogP contribution in [0.5, 0.6) is 0 Å². The predicted molar refractivity (Wildman–Crippen MR) is 217 cm³/mol. The van der Waals surface area contributed by atoms with Crippen molar-refractivity contribution in [2.75, 3.05) is 0 Å². The minimum atomic E-state index is 0. The van der Waals surface area contributed by atoms with Crippen LogP contribution in [0.1, 0.15) is 85.3 Å². The van der Waals surface area contributed by atoms with E-state index in [1.807, 2.05) is 27.7 Å². The fourth-order valence-corrected chi connectivity index (χ4v) is 7.96. The standard InChI is InChI=1S/C33H27N2S.C13H24O2.Ir/c1-21-29-32(36-31(21)24-16-14-23(15-17-24)22-10-6-5-7-11-22)30(35-20-34-29)26-18-25-12-8-9-13-27(25)28(19-26)33(2,3)4;1-5-10(6-2)12(14)9-13(15)11(7-3)8-4;/h5-17,19-20H,1-4H3;9-11,14H,5-8H2,1-4H3;/q-1;;/b;12-9-;. The third kappa shape index (κ3) is 9.15. The first-order valence-corrected chi connectivity index (χ1v) is 19.1. The van der Waals surface area contributed by atoms with Gasteiger partial charge in [-0.3, -0.25) is 9.78 Å². The van der Waals surface area contributed by atoms with E-state index in [1.54, 1.807) is 17.7 Å². The summed E-state index contributed by atoms with van der Waals surface area (Å²) < 4.78 is 1.11. The second-order valence-electron chi connectivity index (χ2n) is 14.3. The minimum absolute atomic E-state index is 0. The number of carbonyl (C=O) groups excluding carboxylic acids is 1. The number of ketones is 1. The Morgan fingerprint density at radius 3 is 2.00 bits per heavy atom. The number of aromatic nitrogens is 2.